The minimum atomic E-state index is -0.235. The monoisotopic (exact) mass is 405 g/mol. The molecule has 0 saturated heterocycles. The fourth-order valence-corrected chi connectivity index (χ4v) is 3.99. The molecule has 0 bridgehead atoms. The Morgan fingerprint density at radius 3 is 2.34 bits per heavy atom. The van der Waals surface area contributed by atoms with Gasteiger partial charge >= 0.3 is 0 Å². The predicted octanol–water partition coefficient (Wildman–Crippen LogP) is 5.30. The van der Waals surface area contributed by atoms with Crippen LogP contribution in [0.1, 0.15) is 17.0 Å². The molecule has 1 heterocycles. The van der Waals surface area contributed by atoms with E-state index in [2.05, 4.69) is 22.3 Å². The van der Waals surface area contributed by atoms with Crippen LogP contribution in [-0.2, 0) is 12.2 Å². The van der Waals surface area contributed by atoms with Gasteiger partial charge in [0.25, 0.3) is 0 Å². The summed E-state index contributed by atoms with van der Waals surface area (Å²) in [6.07, 6.45) is 0.656. The van der Waals surface area contributed by atoms with Gasteiger partial charge in [-0.25, -0.2) is 4.39 Å². The fraction of sp³-hybridized carbons (Fsp3) is 0.130. The molecular formula is C23H20FN3OS. The molecule has 6 heteroatoms. The molecule has 1 aromatic heterocycles. The molecule has 0 radical (unpaired) electrons. The summed E-state index contributed by atoms with van der Waals surface area (Å²) in [5, 5.41) is 9.68. The average Bonchev–Trinajstić information content (AvgIpc) is 3.16. The standard InChI is InChI=1S/C23H20FN3OS/c1-28-21-10-6-5-9-20(21)27-22(15-17-7-3-2-4-8-17)25-26-23(27)29-16-18-11-13-19(24)14-12-18/h2-14H,15-16H2,1H3. The number of thioether (sulfide) groups is 1. The normalized spacial score (nSPS) is 10.8. The Bertz CT molecular complexity index is 1080. The SMILES string of the molecule is COc1ccccc1-n1c(Cc2ccccc2)nnc1SCc1ccc(F)cc1. The molecule has 4 nitrogen and oxygen atoms in total. The molecule has 146 valence electrons. The lowest BCUT2D eigenvalue weighted by Gasteiger charge is -2.14. The smallest absolute Gasteiger partial charge is 0.196 e. The largest absolute Gasteiger partial charge is 0.495 e. The molecule has 0 aliphatic rings. The summed E-state index contributed by atoms with van der Waals surface area (Å²) >= 11 is 1.56. The molecule has 29 heavy (non-hydrogen) atoms. The molecule has 4 aromatic rings. The van der Waals surface area contributed by atoms with Gasteiger partial charge in [-0.2, -0.15) is 0 Å². The van der Waals surface area contributed by atoms with Crippen LogP contribution in [0.5, 0.6) is 5.75 Å². The minimum Gasteiger partial charge on any atom is -0.495 e. The van der Waals surface area contributed by atoms with E-state index in [1.807, 2.05) is 47.0 Å². The van der Waals surface area contributed by atoms with Gasteiger partial charge in [0.1, 0.15) is 17.4 Å². The molecule has 0 aliphatic heterocycles. The number of aromatic nitrogens is 3. The first-order valence-corrected chi connectivity index (χ1v) is 10.2. The van der Waals surface area contributed by atoms with E-state index in [9.17, 15) is 4.39 Å². The molecule has 0 unspecified atom stereocenters. The van der Waals surface area contributed by atoms with E-state index < -0.39 is 0 Å². The van der Waals surface area contributed by atoms with E-state index in [0.29, 0.717) is 12.2 Å². The minimum absolute atomic E-state index is 0.235. The van der Waals surface area contributed by atoms with Gasteiger partial charge in [-0.05, 0) is 35.4 Å². The Morgan fingerprint density at radius 1 is 0.862 bits per heavy atom. The first-order valence-electron chi connectivity index (χ1n) is 9.23. The number of benzene rings is 3. The highest BCUT2D eigenvalue weighted by Gasteiger charge is 2.18. The maximum absolute atomic E-state index is 13.2. The van der Waals surface area contributed by atoms with Crippen molar-refractivity contribution in [3.8, 4) is 11.4 Å². The van der Waals surface area contributed by atoms with Gasteiger partial charge in [0.05, 0.1) is 12.8 Å². The average molecular weight is 405 g/mol. The molecule has 3 aromatic carbocycles. The van der Waals surface area contributed by atoms with E-state index in [-0.39, 0.29) is 5.82 Å². The van der Waals surface area contributed by atoms with E-state index in [4.69, 9.17) is 4.74 Å². The molecule has 0 aliphatic carbocycles. The number of rotatable bonds is 7. The van der Waals surface area contributed by atoms with Crippen LogP contribution in [0.2, 0.25) is 0 Å². The molecule has 0 amide bonds. The Kier molecular flexibility index (Phi) is 5.91. The van der Waals surface area contributed by atoms with Crippen molar-refractivity contribution in [1.29, 1.82) is 0 Å². The summed E-state index contributed by atoms with van der Waals surface area (Å²) in [4.78, 5) is 0. The van der Waals surface area contributed by atoms with Crippen molar-refractivity contribution in [3.63, 3.8) is 0 Å². The second-order valence-corrected chi connectivity index (χ2v) is 7.43. The summed E-state index contributed by atoms with van der Waals surface area (Å²) in [5.41, 5.74) is 3.08. The molecule has 0 spiro atoms. The van der Waals surface area contributed by atoms with Crippen molar-refractivity contribution >= 4 is 11.8 Å². The maximum Gasteiger partial charge on any atom is 0.196 e. The van der Waals surface area contributed by atoms with Crippen LogP contribution in [0.15, 0.2) is 84.0 Å². The first-order chi connectivity index (χ1) is 14.2. The molecule has 0 fully saturated rings. The van der Waals surface area contributed by atoms with Crippen LogP contribution >= 0.6 is 11.8 Å². The molecule has 0 atom stereocenters. The summed E-state index contributed by atoms with van der Waals surface area (Å²) in [5.74, 6) is 2.02. The highest BCUT2D eigenvalue weighted by atomic mass is 32.2. The highest BCUT2D eigenvalue weighted by molar-refractivity contribution is 7.98. The van der Waals surface area contributed by atoms with Gasteiger partial charge in [-0.15, -0.1) is 10.2 Å². The van der Waals surface area contributed by atoms with E-state index in [1.54, 1.807) is 31.0 Å². The van der Waals surface area contributed by atoms with Crippen molar-refractivity contribution in [1.82, 2.24) is 14.8 Å². The van der Waals surface area contributed by atoms with Crippen LogP contribution in [-0.4, -0.2) is 21.9 Å². The Balaban J connectivity index is 1.69. The number of hydrogen-bond donors (Lipinski definition) is 0. The molecule has 4 rings (SSSR count). The number of ether oxygens (including phenoxy) is 1. The van der Waals surface area contributed by atoms with Gasteiger partial charge in [-0.1, -0.05) is 66.4 Å². The number of halogens is 1. The van der Waals surface area contributed by atoms with Crippen molar-refractivity contribution in [2.75, 3.05) is 7.11 Å². The zero-order valence-corrected chi connectivity index (χ0v) is 16.8. The summed E-state index contributed by atoms with van der Waals surface area (Å²) in [6, 6.07) is 24.5. The van der Waals surface area contributed by atoms with Crippen molar-refractivity contribution in [2.24, 2.45) is 0 Å². The molecule has 0 saturated carbocycles. The van der Waals surface area contributed by atoms with Crippen molar-refractivity contribution in [3.05, 3.63) is 102 Å². The fourth-order valence-electron chi connectivity index (χ4n) is 3.07. The molecular weight excluding hydrogens is 385 g/mol. The van der Waals surface area contributed by atoms with Crippen molar-refractivity contribution in [2.45, 2.75) is 17.3 Å². The summed E-state index contributed by atoms with van der Waals surface area (Å²) in [6.45, 7) is 0. The van der Waals surface area contributed by atoms with Crippen LogP contribution in [0, 0.1) is 5.82 Å². The number of methoxy groups -OCH3 is 1. The Morgan fingerprint density at radius 2 is 1.59 bits per heavy atom. The third-order valence-electron chi connectivity index (χ3n) is 4.51. The number of hydrogen-bond acceptors (Lipinski definition) is 4. The zero-order chi connectivity index (χ0) is 20.1. The Hall–Kier alpha value is -3.12. The number of nitrogens with zero attached hydrogens (tertiary/aromatic N) is 3. The molecule has 0 N–H and O–H groups in total. The van der Waals surface area contributed by atoms with E-state index in [0.717, 1.165) is 33.5 Å². The first kappa shape index (κ1) is 19.2. The lowest BCUT2D eigenvalue weighted by Crippen LogP contribution is -2.05. The van der Waals surface area contributed by atoms with Crippen LogP contribution in [0.4, 0.5) is 4.39 Å². The third-order valence-corrected chi connectivity index (χ3v) is 5.51. The van der Waals surface area contributed by atoms with Gasteiger partial charge < -0.3 is 4.74 Å². The number of para-hydroxylation sites is 2. The topological polar surface area (TPSA) is 39.9 Å². The second kappa shape index (κ2) is 8.92. The second-order valence-electron chi connectivity index (χ2n) is 6.48. The van der Waals surface area contributed by atoms with E-state index >= 15 is 0 Å². The van der Waals surface area contributed by atoms with Gasteiger partial charge in [0, 0.05) is 12.2 Å². The van der Waals surface area contributed by atoms with Crippen LogP contribution in [0.3, 0.4) is 0 Å². The maximum atomic E-state index is 13.2. The van der Waals surface area contributed by atoms with Crippen LogP contribution < -0.4 is 4.74 Å². The summed E-state index contributed by atoms with van der Waals surface area (Å²) in [7, 11) is 1.66. The van der Waals surface area contributed by atoms with E-state index in [1.165, 1.54) is 12.1 Å². The van der Waals surface area contributed by atoms with Gasteiger partial charge in [0.2, 0.25) is 0 Å². The van der Waals surface area contributed by atoms with Gasteiger partial charge in [-0.3, -0.25) is 4.57 Å². The van der Waals surface area contributed by atoms with Crippen molar-refractivity contribution < 1.29 is 9.13 Å². The quantitative estimate of drug-likeness (QED) is 0.391. The van der Waals surface area contributed by atoms with Gasteiger partial charge in [0.15, 0.2) is 5.16 Å². The summed E-state index contributed by atoms with van der Waals surface area (Å²) < 4.78 is 20.8. The highest BCUT2D eigenvalue weighted by Crippen LogP contribution is 2.30. The van der Waals surface area contributed by atoms with Crippen LogP contribution in [0.25, 0.3) is 5.69 Å². The zero-order valence-electron chi connectivity index (χ0n) is 16.0. The Labute approximate surface area is 173 Å². The lowest BCUT2D eigenvalue weighted by molar-refractivity contribution is 0.411. The predicted molar refractivity (Wildman–Crippen MR) is 113 cm³/mol. The third kappa shape index (κ3) is 4.49. The lowest BCUT2D eigenvalue weighted by atomic mass is 10.1.